The van der Waals surface area contributed by atoms with Crippen LogP contribution in [0.3, 0.4) is 0 Å². The number of aliphatic carboxylic acids is 1. The number of urea groups is 1. The Kier molecular flexibility index (Phi) is 5.67. The summed E-state index contributed by atoms with van der Waals surface area (Å²) in [5, 5.41) is 20.1. The number of hydrogen-bond acceptors (Lipinski definition) is 3. The van der Waals surface area contributed by atoms with Gasteiger partial charge in [-0.05, 0) is 26.0 Å². The molecule has 2 amide bonds. The fraction of sp³-hybridized carbons (Fsp3) is 0.357. The average Bonchev–Trinajstić information content (AvgIpc) is 2.38. The number of hydrogen-bond donors (Lipinski definition) is 2. The van der Waals surface area contributed by atoms with E-state index in [1.807, 2.05) is 0 Å². The summed E-state index contributed by atoms with van der Waals surface area (Å²) in [5.74, 6) is -1.74. The molecule has 0 aromatic heterocycles. The molecule has 2 N–H and O–H groups in total. The number of rotatable bonds is 5. The van der Waals surface area contributed by atoms with Crippen LogP contribution in [0.2, 0.25) is 0 Å². The molecule has 0 saturated carbocycles. The normalized spacial score (nSPS) is 11.3. The molecule has 6 nitrogen and oxygen atoms in total. The Hall–Kier alpha value is -2.62. The van der Waals surface area contributed by atoms with Gasteiger partial charge in [0.2, 0.25) is 0 Å². The second kappa shape index (κ2) is 7.24. The molecule has 0 bridgehead atoms. The fourth-order valence-corrected chi connectivity index (χ4v) is 1.95. The molecule has 0 heterocycles. The highest BCUT2D eigenvalue weighted by Gasteiger charge is 2.22. The van der Waals surface area contributed by atoms with Gasteiger partial charge in [-0.25, -0.2) is 9.18 Å². The summed E-state index contributed by atoms with van der Waals surface area (Å²) < 4.78 is 13.4. The predicted octanol–water partition coefficient (Wildman–Crippen LogP) is 2.41. The SMILES string of the molecule is CCN(C(=O)Nc1cccc(F)c1C#N)C(C)CC(=O)O. The highest BCUT2D eigenvalue weighted by molar-refractivity contribution is 5.91. The van der Waals surface area contributed by atoms with Crippen molar-refractivity contribution in [1.29, 1.82) is 5.26 Å². The van der Waals surface area contributed by atoms with Crippen LogP contribution in [0.15, 0.2) is 18.2 Å². The first-order chi connectivity index (χ1) is 9.90. The summed E-state index contributed by atoms with van der Waals surface area (Å²) in [6, 6.07) is 4.50. The van der Waals surface area contributed by atoms with E-state index >= 15 is 0 Å². The van der Waals surface area contributed by atoms with E-state index in [0.717, 1.165) is 6.07 Å². The Balaban J connectivity index is 2.91. The molecule has 1 aromatic carbocycles. The number of carboxylic acid groups (broad SMARTS) is 1. The Morgan fingerprint density at radius 3 is 2.71 bits per heavy atom. The highest BCUT2D eigenvalue weighted by Crippen LogP contribution is 2.19. The van der Waals surface area contributed by atoms with Gasteiger partial charge >= 0.3 is 12.0 Å². The van der Waals surface area contributed by atoms with Crippen LogP contribution in [-0.4, -0.2) is 34.6 Å². The second-order valence-electron chi connectivity index (χ2n) is 4.44. The van der Waals surface area contributed by atoms with E-state index < -0.39 is 23.9 Å². The van der Waals surface area contributed by atoms with Gasteiger partial charge < -0.3 is 15.3 Å². The molecular formula is C14H16FN3O3. The maximum Gasteiger partial charge on any atom is 0.322 e. The molecule has 1 aromatic rings. The van der Waals surface area contributed by atoms with Crippen LogP contribution in [0.4, 0.5) is 14.9 Å². The van der Waals surface area contributed by atoms with E-state index in [1.165, 1.54) is 17.0 Å². The number of halogens is 1. The van der Waals surface area contributed by atoms with Crippen molar-refractivity contribution >= 4 is 17.7 Å². The van der Waals surface area contributed by atoms with E-state index in [4.69, 9.17) is 10.4 Å². The molecular weight excluding hydrogens is 277 g/mol. The van der Waals surface area contributed by atoms with E-state index in [0.29, 0.717) is 0 Å². The Morgan fingerprint density at radius 1 is 1.52 bits per heavy atom. The standard InChI is InChI=1S/C14H16FN3O3/c1-3-18(9(2)7-13(19)20)14(21)17-12-6-4-5-11(15)10(12)8-16/h4-6,9H,3,7H2,1-2H3,(H,17,21)(H,19,20). The first-order valence-electron chi connectivity index (χ1n) is 6.38. The molecule has 0 aliphatic rings. The molecule has 0 saturated heterocycles. The molecule has 0 fully saturated rings. The van der Waals surface area contributed by atoms with E-state index in [-0.39, 0.29) is 24.2 Å². The van der Waals surface area contributed by atoms with Gasteiger partial charge in [0, 0.05) is 12.6 Å². The van der Waals surface area contributed by atoms with Gasteiger partial charge in [-0.2, -0.15) is 5.26 Å². The maximum absolute atomic E-state index is 13.4. The highest BCUT2D eigenvalue weighted by atomic mass is 19.1. The Bertz CT molecular complexity index is 583. The average molecular weight is 293 g/mol. The zero-order valence-electron chi connectivity index (χ0n) is 11.8. The fourth-order valence-electron chi connectivity index (χ4n) is 1.95. The van der Waals surface area contributed by atoms with Crippen LogP contribution in [0.1, 0.15) is 25.8 Å². The lowest BCUT2D eigenvalue weighted by Gasteiger charge is -2.27. The molecule has 21 heavy (non-hydrogen) atoms. The van der Waals surface area contributed by atoms with Crippen molar-refractivity contribution < 1.29 is 19.1 Å². The third kappa shape index (κ3) is 4.18. The van der Waals surface area contributed by atoms with Crippen LogP contribution >= 0.6 is 0 Å². The van der Waals surface area contributed by atoms with Crippen molar-refractivity contribution in [3.8, 4) is 6.07 Å². The molecule has 0 aliphatic heterocycles. The van der Waals surface area contributed by atoms with E-state index in [1.54, 1.807) is 19.9 Å². The maximum atomic E-state index is 13.4. The monoisotopic (exact) mass is 293 g/mol. The van der Waals surface area contributed by atoms with Crippen molar-refractivity contribution in [2.24, 2.45) is 0 Å². The summed E-state index contributed by atoms with van der Waals surface area (Å²) in [5.41, 5.74) is -0.198. The second-order valence-corrected chi connectivity index (χ2v) is 4.44. The lowest BCUT2D eigenvalue weighted by Crippen LogP contribution is -2.42. The Labute approximate surface area is 121 Å². The van der Waals surface area contributed by atoms with Gasteiger partial charge in [0.1, 0.15) is 17.4 Å². The molecule has 0 aliphatic carbocycles. The van der Waals surface area contributed by atoms with Crippen LogP contribution in [0, 0.1) is 17.1 Å². The van der Waals surface area contributed by atoms with Gasteiger partial charge in [-0.3, -0.25) is 4.79 Å². The van der Waals surface area contributed by atoms with Crippen LogP contribution in [0.5, 0.6) is 0 Å². The number of nitriles is 1. The molecule has 1 unspecified atom stereocenters. The zero-order chi connectivity index (χ0) is 16.0. The first kappa shape index (κ1) is 16.4. The van der Waals surface area contributed by atoms with Crippen LogP contribution in [0.25, 0.3) is 0 Å². The van der Waals surface area contributed by atoms with E-state index in [9.17, 15) is 14.0 Å². The van der Waals surface area contributed by atoms with Crippen molar-refractivity contribution in [3.63, 3.8) is 0 Å². The molecule has 7 heteroatoms. The number of nitrogens with one attached hydrogen (secondary N) is 1. The van der Waals surface area contributed by atoms with Gasteiger partial charge in [0.15, 0.2) is 0 Å². The molecule has 0 radical (unpaired) electrons. The minimum atomic E-state index is -1.02. The molecule has 0 spiro atoms. The minimum absolute atomic E-state index is 0.0588. The Morgan fingerprint density at radius 2 is 2.19 bits per heavy atom. The largest absolute Gasteiger partial charge is 0.481 e. The first-order valence-corrected chi connectivity index (χ1v) is 6.38. The molecule has 1 rings (SSSR count). The third-order valence-electron chi connectivity index (χ3n) is 2.97. The topological polar surface area (TPSA) is 93.4 Å². The number of carbonyl (C=O) groups excluding carboxylic acids is 1. The summed E-state index contributed by atoms with van der Waals surface area (Å²) in [6.07, 6.45) is -0.199. The summed E-state index contributed by atoms with van der Waals surface area (Å²) in [6.45, 7) is 3.60. The van der Waals surface area contributed by atoms with E-state index in [2.05, 4.69) is 5.32 Å². The predicted molar refractivity (Wildman–Crippen MR) is 74.2 cm³/mol. The quantitative estimate of drug-likeness (QED) is 0.871. The van der Waals surface area contributed by atoms with Gasteiger partial charge in [0.25, 0.3) is 0 Å². The number of anilines is 1. The number of benzene rings is 1. The van der Waals surface area contributed by atoms with Crippen molar-refractivity contribution in [3.05, 3.63) is 29.6 Å². The summed E-state index contributed by atoms with van der Waals surface area (Å²) in [7, 11) is 0. The van der Waals surface area contributed by atoms with Crippen LogP contribution < -0.4 is 5.32 Å². The molecule has 112 valence electrons. The molecule has 1 atom stereocenters. The zero-order valence-corrected chi connectivity index (χ0v) is 11.8. The van der Waals surface area contributed by atoms with Crippen molar-refractivity contribution in [2.45, 2.75) is 26.3 Å². The van der Waals surface area contributed by atoms with Crippen LogP contribution in [-0.2, 0) is 4.79 Å². The number of carboxylic acids is 1. The third-order valence-corrected chi connectivity index (χ3v) is 2.97. The van der Waals surface area contributed by atoms with Gasteiger partial charge in [-0.1, -0.05) is 6.07 Å². The number of carbonyl (C=O) groups is 2. The smallest absolute Gasteiger partial charge is 0.322 e. The van der Waals surface area contributed by atoms with Crippen molar-refractivity contribution in [2.75, 3.05) is 11.9 Å². The summed E-state index contributed by atoms with van der Waals surface area (Å²) >= 11 is 0. The summed E-state index contributed by atoms with van der Waals surface area (Å²) in [4.78, 5) is 24.1. The number of amides is 2. The lowest BCUT2D eigenvalue weighted by atomic mass is 10.2. The van der Waals surface area contributed by atoms with Crippen molar-refractivity contribution in [1.82, 2.24) is 4.90 Å². The van der Waals surface area contributed by atoms with Gasteiger partial charge in [-0.15, -0.1) is 0 Å². The number of nitrogens with zero attached hydrogens (tertiary/aromatic N) is 2. The van der Waals surface area contributed by atoms with Gasteiger partial charge in [0.05, 0.1) is 12.1 Å². The minimum Gasteiger partial charge on any atom is -0.481 e. The lowest BCUT2D eigenvalue weighted by molar-refractivity contribution is -0.137.